The van der Waals surface area contributed by atoms with Crippen molar-refractivity contribution in [3.05, 3.63) is 148 Å². The maximum atomic E-state index is 11.7. The highest BCUT2D eigenvalue weighted by Gasteiger charge is 2.44. The summed E-state index contributed by atoms with van der Waals surface area (Å²) in [4.78, 5) is 19.5. The van der Waals surface area contributed by atoms with Gasteiger partial charge >= 0.3 is 0 Å². The van der Waals surface area contributed by atoms with Crippen LogP contribution in [0, 0.1) is 0 Å². The molecule has 0 radical (unpaired) electrons. The summed E-state index contributed by atoms with van der Waals surface area (Å²) in [5.74, 6) is -0.389. The molecular weight excluding hydrogens is 486 g/mol. The van der Waals surface area contributed by atoms with Crippen LogP contribution in [0.4, 0.5) is 10.8 Å². The van der Waals surface area contributed by atoms with Crippen LogP contribution >= 0.6 is 22.9 Å². The standard InChI is InChI=1S/C30H24ClN3OS/c31-25-17-10-18-26(19-25)34(29-33-21-27(36-29)20-28(32)35)30(22-11-4-1-5-12-22,23-13-6-2-7-14-23)24-15-8-3-9-16-24/h1-19,21H,20H2,(H2,32,35). The van der Waals surface area contributed by atoms with Gasteiger partial charge in [-0.3, -0.25) is 9.69 Å². The van der Waals surface area contributed by atoms with Crippen molar-refractivity contribution in [1.82, 2.24) is 4.98 Å². The topological polar surface area (TPSA) is 59.2 Å². The van der Waals surface area contributed by atoms with E-state index in [1.54, 1.807) is 6.20 Å². The van der Waals surface area contributed by atoms with Gasteiger partial charge in [0.1, 0.15) is 5.54 Å². The predicted molar refractivity (Wildman–Crippen MR) is 148 cm³/mol. The Hall–Kier alpha value is -3.93. The van der Waals surface area contributed by atoms with Gasteiger partial charge in [-0.15, -0.1) is 11.3 Å². The van der Waals surface area contributed by atoms with Crippen LogP contribution in [0.25, 0.3) is 0 Å². The first-order valence-corrected chi connectivity index (χ1v) is 12.7. The lowest BCUT2D eigenvalue weighted by Crippen LogP contribution is -2.45. The number of benzene rings is 4. The molecule has 0 aliphatic carbocycles. The summed E-state index contributed by atoms with van der Waals surface area (Å²) in [7, 11) is 0. The van der Waals surface area contributed by atoms with Crippen LogP contribution in [0.15, 0.2) is 121 Å². The van der Waals surface area contributed by atoms with E-state index in [1.807, 2.05) is 78.9 Å². The number of halogens is 1. The van der Waals surface area contributed by atoms with E-state index < -0.39 is 5.54 Å². The van der Waals surface area contributed by atoms with E-state index in [4.69, 9.17) is 22.3 Å². The first kappa shape index (κ1) is 23.8. The van der Waals surface area contributed by atoms with E-state index in [2.05, 4.69) is 41.3 Å². The molecule has 0 unspecified atom stereocenters. The molecular formula is C30H24ClN3OS. The number of anilines is 2. The summed E-state index contributed by atoms with van der Waals surface area (Å²) in [6, 6.07) is 38.9. The van der Waals surface area contributed by atoms with E-state index in [9.17, 15) is 4.79 Å². The molecule has 1 heterocycles. The zero-order valence-electron chi connectivity index (χ0n) is 19.4. The van der Waals surface area contributed by atoms with Crippen molar-refractivity contribution in [2.75, 3.05) is 4.90 Å². The summed E-state index contributed by atoms with van der Waals surface area (Å²) in [5, 5.41) is 1.35. The molecule has 6 heteroatoms. The van der Waals surface area contributed by atoms with E-state index in [-0.39, 0.29) is 12.3 Å². The zero-order valence-corrected chi connectivity index (χ0v) is 21.0. The smallest absolute Gasteiger partial charge is 0.222 e. The number of aromatic nitrogens is 1. The molecule has 0 saturated heterocycles. The molecule has 0 bridgehead atoms. The summed E-state index contributed by atoms with van der Waals surface area (Å²) in [6.45, 7) is 0. The van der Waals surface area contributed by atoms with Crippen molar-refractivity contribution in [3.8, 4) is 0 Å². The Morgan fingerprint density at radius 3 is 1.81 bits per heavy atom. The molecule has 178 valence electrons. The van der Waals surface area contributed by atoms with Gasteiger partial charge in [0.25, 0.3) is 0 Å². The minimum Gasteiger partial charge on any atom is -0.369 e. The fourth-order valence-corrected chi connectivity index (χ4v) is 5.82. The minimum absolute atomic E-state index is 0.135. The Morgan fingerprint density at radius 2 is 1.33 bits per heavy atom. The second kappa shape index (κ2) is 10.4. The molecule has 1 aromatic heterocycles. The monoisotopic (exact) mass is 509 g/mol. The Morgan fingerprint density at radius 1 is 0.806 bits per heavy atom. The van der Waals surface area contributed by atoms with Crippen LogP contribution in [0.1, 0.15) is 21.6 Å². The molecule has 36 heavy (non-hydrogen) atoms. The Balaban J connectivity index is 1.90. The second-order valence-corrected chi connectivity index (χ2v) is 9.91. The van der Waals surface area contributed by atoms with Crippen molar-refractivity contribution < 1.29 is 4.79 Å². The number of carbonyl (C=O) groups is 1. The fraction of sp³-hybridized carbons (Fsp3) is 0.0667. The molecule has 4 nitrogen and oxygen atoms in total. The third kappa shape index (κ3) is 4.51. The van der Waals surface area contributed by atoms with Gasteiger partial charge in [0.2, 0.25) is 5.91 Å². The van der Waals surface area contributed by atoms with Gasteiger partial charge in [-0.05, 0) is 34.9 Å². The van der Waals surface area contributed by atoms with E-state index in [0.29, 0.717) is 5.02 Å². The number of amides is 1. The average molecular weight is 510 g/mol. The van der Waals surface area contributed by atoms with Crippen molar-refractivity contribution >= 4 is 39.7 Å². The van der Waals surface area contributed by atoms with Gasteiger partial charge in [-0.2, -0.15) is 0 Å². The maximum absolute atomic E-state index is 11.7. The Bertz CT molecular complexity index is 1360. The van der Waals surface area contributed by atoms with Crippen molar-refractivity contribution in [2.45, 2.75) is 12.0 Å². The predicted octanol–water partition coefficient (Wildman–Crippen LogP) is 6.95. The highest BCUT2D eigenvalue weighted by molar-refractivity contribution is 7.15. The van der Waals surface area contributed by atoms with Crippen LogP contribution in [-0.4, -0.2) is 10.9 Å². The number of hydrogen-bond donors (Lipinski definition) is 1. The fourth-order valence-electron chi connectivity index (χ4n) is 4.64. The normalized spacial score (nSPS) is 11.2. The summed E-state index contributed by atoms with van der Waals surface area (Å²) >= 11 is 7.99. The van der Waals surface area contributed by atoms with Crippen LogP contribution < -0.4 is 10.6 Å². The highest BCUT2D eigenvalue weighted by Crippen LogP contribution is 2.49. The quantitative estimate of drug-likeness (QED) is 0.230. The van der Waals surface area contributed by atoms with Crippen LogP contribution in [0.2, 0.25) is 5.02 Å². The van der Waals surface area contributed by atoms with Gasteiger partial charge in [-0.1, -0.05) is 109 Å². The molecule has 0 aliphatic heterocycles. The van der Waals surface area contributed by atoms with Gasteiger partial charge in [-0.25, -0.2) is 4.98 Å². The van der Waals surface area contributed by atoms with Gasteiger partial charge in [0.15, 0.2) is 5.13 Å². The highest BCUT2D eigenvalue weighted by atomic mass is 35.5. The third-order valence-corrected chi connectivity index (χ3v) is 7.28. The summed E-state index contributed by atoms with van der Waals surface area (Å²) < 4.78 is 0. The number of rotatable bonds is 8. The molecule has 4 aromatic carbocycles. The summed E-state index contributed by atoms with van der Waals surface area (Å²) in [6.07, 6.45) is 1.87. The molecule has 0 fully saturated rings. The molecule has 5 rings (SSSR count). The van der Waals surface area contributed by atoms with Crippen LogP contribution in [0.5, 0.6) is 0 Å². The Labute approximate surface area is 219 Å². The molecule has 0 aliphatic rings. The lowest BCUT2D eigenvalue weighted by molar-refractivity contribution is -0.117. The van der Waals surface area contributed by atoms with E-state index >= 15 is 0 Å². The first-order valence-electron chi connectivity index (χ1n) is 11.5. The number of nitrogens with zero attached hydrogens (tertiary/aromatic N) is 2. The summed E-state index contributed by atoms with van der Waals surface area (Å²) in [5.41, 5.74) is 8.78. The number of nitrogens with two attached hydrogens (primary N) is 1. The van der Waals surface area contributed by atoms with Crippen molar-refractivity contribution in [2.24, 2.45) is 5.73 Å². The van der Waals surface area contributed by atoms with E-state index in [1.165, 1.54) is 11.3 Å². The molecule has 0 spiro atoms. The lowest BCUT2D eigenvalue weighted by atomic mass is 9.75. The van der Waals surface area contributed by atoms with Crippen LogP contribution in [-0.2, 0) is 16.8 Å². The second-order valence-electron chi connectivity index (χ2n) is 8.38. The van der Waals surface area contributed by atoms with Crippen molar-refractivity contribution in [1.29, 1.82) is 0 Å². The van der Waals surface area contributed by atoms with Gasteiger partial charge in [0.05, 0.1) is 6.42 Å². The SMILES string of the molecule is NC(=O)Cc1cnc(N(c2cccc(Cl)c2)C(c2ccccc2)(c2ccccc2)c2ccccc2)s1. The first-order chi connectivity index (χ1) is 17.6. The van der Waals surface area contributed by atoms with Crippen molar-refractivity contribution in [3.63, 3.8) is 0 Å². The molecule has 5 aromatic rings. The average Bonchev–Trinajstić information content (AvgIpc) is 3.35. The van der Waals surface area contributed by atoms with E-state index in [0.717, 1.165) is 32.4 Å². The number of primary amides is 1. The molecule has 1 amide bonds. The number of thiazole rings is 1. The third-order valence-electron chi connectivity index (χ3n) is 6.06. The molecule has 2 N–H and O–H groups in total. The molecule has 0 atom stereocenters. The largest absolute Gasteiger partial charge is 0.369 e. The maximum Gasteiger partial charge on any atom is 0.222 e. The number of carbonyl (C=O) groups excluding carboxylic acids is 1. The number of hydrogen-bond acceptors (Lipinski definition) is 4. The minimum atomic E-state index is -0.795. The van der Waals surface area contributed by atoms with Crippen LogP contribution in [0.3, 0.4) is 0 Å². The lowest BCUT2D eigenvalue weighted by Gasteiger charge is -2.45. The van der Waals surface area contributed by atoms with Gasteiger partial charge in [0, 0.05) is 21.8 Å². The zero-order chi connectivity index (χ0) is 25.0. The van der Waals surface area contributed by atoms with Gasteiger partial charge < -0.3 is 5.73 Å². The Kier molecular flexibility index (Phi) is 6.85. The molecule has 0 saturated carbocycles.